The maximum absolute atomic E-state index is 10.6. The van der Waals surface area contributed by atoms with Gasteiger partial charge in [-0.05, 0) is 0 Å². The van der Waals surface area contributed by atoms with Crippen LogP contribution in [-0.2, 0) is 0 Å². The van der Waals surface area contributed by atoms with Crippen LogP contribution in [0.25, 0.3) is 0 Å². The summed E-state index contributed by atoms with van der Waals surface area (Å²) in [5.74, 6) is 0. The Morgan fingerprint density at radius 3 is 2.12 bits per heavy atom. The first kappa shape index (κ1) is 12.2. The van der Waals surface area contributed by atoms with Crippen LogP contribution in [0.4, 0.5) is 11.4 Å². The van der Waals surface area contributed by atoms with Gasteiger partial charge >= 0.3 is 5.69 Å². The Bertz CT molecular complexity index is 537. The lowest BCUT2D eigenvalue weighted by Crippen LogP contribution is -1.98. The van der Waals surface area contributed by atoms with E-state index in [1.54, 1.807) is 0 Å². The average Bonchev–Trinajstić information content (AvgIpc) is 2.16. The van der Waals surface area contributed by atoms with Crippen LogP contribution in [-0.4, -0.2) is 9.85 Å². The van der Waals surface area contributed by atoms with Crippen LogP contribution in [0.3, 0.4) is 0 Å². The molecule has 0 aliphatic heterocycles. The number of benzene rings is 1. The SMILES string of the molecule is N#Cc1cc([N+](=O)[O-])c(Cl)c([N+](=O)[O-])c1Cl. The van der Waals surface area contributed by atoms with E-state index in [-0.39, 0.29) is 5.56 Å². The molecule has 0 amide bonds. The van der Waals surface area contributed by atoms with E-state index in [0.717, 1.165) is 6.07 Å². The highest BCUT2D eigenvalue weighted by atomic mass is 35.5. The molecular weight excluding hydrogens is 261 g/mol. The Labute approximate surface area is 98.1 Å². The predicted molar refractivity (Wildman–Crippen MR) is 54.5 cm³/mol. The van der Waals surface area contributed by atoms with Gasteiger partial charge in [-0.25, -0.2) is 0 Å². The summed E-state index contributed by atoms with van der Waals surface area (Å²) >= 11 is 11.0. The number of nitro groups is 2. The summed E-state index contributed by atoms with van der Waals surface area (Å²) in [6, 6.07) is 2.30. The summed E-state index contributed by atoms with van der Waals surface area (Å²) in [5.41, 5.74) is -1.94. The number of rotatable bonds is 2. The molecule has 1 aromatic rings. The Kier molecular flexibility index (Phi) is 3.27. The third-order valence-electron chi connectivity index (χ3n) is 1.66. The van der Waals surface area contributed by atoms with Crippen LogP contribution in [0.15, 0.2) is 6.07 Å². The summed E-state index contributed by atoms with van der Waals surface area (Å²) < 4.78 is 0. The first-order valence-electron chi connectivity index (χ1n) is 3.61. The minimum atomic E-state index is -0.974. The molecule has 1 rings (SSSR count). The maximum atomic E-state index is 10.6. The van der Waals surface area contributed by atoms with Crippen LogP contribution < -0.4 is 0 Å². The topological polar surface area (TPSA) is 110 Å². The highest BCUT2D eigenvalue weighted by Gasteiger charge is 2.30. The highest BCUT2D eigenvalue weighted by molar-refractivity contribution is 6.40. The number of halogens is 2. The third kappa shape index (κ3) is 1.88. The first-order chi connectivity index (χ1) is 7.40. The van der Waals surface area contributed by atoms with Gasteiger partial charge in [-0.3, -0.25) is 20.2 Å². The van der Waals surface area contributed by atoms with E-state index in [1.165, 1.54) is 6.07 Å². The lowest BCUT2D eigenvalue weighted by atomic mass is 10.2. The monoisotopic (exact) mass is 261 g/mol. The molecule has 0 unspecified atom stereocenters. The zero-order valence-electron chi connectivity index (χ0n) is 7.31. The van der Waals surface area contributed by atoms with Crippen molar-refractivity contribution in [2.24, 2.45) is 0 Å². The molecule has 16 heavy (non-hydrogen) atoms. The Morgan fingerprint density at radius 2 is 1.75 bits per heavy atom. The van der Waals surface area contributed by atoms with E-state index in [4.69, 9.17) is 28.5 Å². The van der Waals surface area contributed by atoms with Crippen molar-refractivity contribution in [1.82, 2.24) is 0 Å². The molecule has 0 spiro atoms. The molecule has 0 atom stereocenters. The molecule has 82 valence electrons. The second-order valence-corrected chi connectivity index (χ2v) is 3.30. The van der Waals surface area contributed by atoms with Gasteiger partial charge in [0.05, 0.1) is 15.4 Å². The van der Waals surface area contributed by atoms with Crippen molar-refractivity contribution >= 4 is 34.6 Å². The molecule has 7 nitrogen and oxygen atoms in total. The van der Waals surface area contributed by atoms with Gasteiger partial charge in [0.1, 0.15) is 11.1 Å². The van der Waals surface area contributed by atoms with E-state index in [2.05, 4.69) is 0 Å². The van der Waals surface area contributed by atoms with E-state index in [1.807, 2.05) is 0 Å². The second-order valence-electron chi connectivity index (χ2n) is 2.55. The highest BCUT2D eigenvalue weighted by Crippen LogP contribution is 2.41. The molecule has 0 radical (unpaired) electrons. The molecule has 0 N–H and O–H groups in total. The van der Waals surface area contributed by atoms with Crippen molar-refractivity contribution in [3.63, 3.8) is 0 Å². The predicted octanol–water partition coefficient (Wildman–Crippen LogP) is 2.68. The van der Waals surface area contributed by atoms with Crippen molar-refractivity contribution in [1.29, 1.82) is 5.26 Å². The van der Waals surface area contributed by atoms with Gasteiger partial charge in [0.2, 0.25) is 0 Å². The van der Waals surface area contributed by atoms with Gasteiger partial charge in [0, 0.05) is 6.07 Å². The van der Waals surface area contributed by atoms with Crippen LogP contribution in [0.1, 0.15) is 5.56 Å². The summed E-state index contributed by atoms with van der Waals surface area (Å²) in [6.07, 6.45) is 0. The van der Waals surface area contributed by atoms with Crippen molar-refractivity contribution < 1.29 is 9.85 Å². The normalized spacial score (nSPS) is 9.56. The quantitative estimate of drug-likeness (QED) is 0.600. The lowest BCUT2D eigenvalue weighted by Gasteiger charge is -2.00. The molecule has 0 aliphatic carbocycles. The van der Waals surface area contributed by atoms with E-state index < -0.39 is 31.3 Å². The molecule has 0 aliphatic rings. The van der Waals surface area contributed by atoms with Gasteiger partial charge < -0.3 is 0 Å². The van der Waals surface area contributed by atoms with Crippen LogP contribution in [0.5, 0.6) is 0 Å². The molecule has 9 heteroatoms. The zero-order valence-corrected chi connectivity index (χ0v) is 8.82. The van der Waals surface area contributed by atoms with E-state index in [9.17, 15) is 20.2 Å². The summed E-state index contributed by atoms with van der Waals surface area (Å²) in [5, 5.41) is 28.5. The molecule has 1 aromatic carbocycles. The molecule has 0 saturated carbocycles. The fraction of sp³-hybridized carbons (Fsp3) is 0. The Morgan fingerprint density at radius 1 is 1.19 bits per heavy atom. The van der Waals surface area contributed by atoms with Crippen molar-refractivity contribution in [3.05, 3.63) is 41.9 Å². The maximum Gasteiger partial charge on any atom is 0.314 e. The molecule has 0 fully saturated rings. The van der Waals surface area contributed by atoms with Gasteiger partial charge in [-0.2, -0.15) is 5.26 Å². The van der Waals surface area contributed by atoms with Gasteiger partial charge in [-0.15, -0.1) is 0 Å². The fourth-order valence-electron chi connectivity index (χ4n) is 0.983. The molecule has 0 bridgehead atoms. The summed E-state index contributed by atoms with van der Waals surface area (Å²) in [7, 11) is 0. The standard InChI is InChI=1S/C7HCl2N3O4/c8-5-3(2-10)1-4(11(13)14)6(9)7(5)12(15)16/h1H. The van der Waals surface area contributed by atoms with E-state index >= 15 is 0 Å². The third-order valence-corrected chi connectivity index (χ3v) is 2.41. The average molecular weight is 262 g/mol. The molecule has 0 aromatic heterocycles. The number of hydrogen-bond donors (Lipinski definition) is 0. The van der Waals surface area contributed by atoms with Crippen molar-refractivity contribution in [3.8, 4) is 6.07 Å². The minimum absolute atomic E-state index is 0.371. The summed E-state index contributed by atoms with van der Waals surface area (Å²) in [4.78, 5) is 19.2. The summed E-state index contributed by atoms with van der Waals surface area (Å²) in [6.45, 7) is 0. The van der Waals surface area contributed by atoms with Gasteiger partial charge in [0.25, 0.3) is 5.69 Å². The minimum Gasteiger partial charge on any atom is -0.258 e. The fourth-order valence-corrected chi connectivity index (χ4v) is 1.58. The number of nitriles is 1. The number of nitrogens with zero attached hydrogens (tertiary/aromatic N) is 3. The van der Waals surface area contributed by atoms with Crippen molar-refractivity contribution in [2.45, 2.75) is 0 Å². The van der Waals surface area contributed by atoms with Gasteiger partial charge in [-0.1, -0.05) is 23.2 Å². The lowest BCUT2D eigenvalue weighted by molar-refractivity contribution is -0.393. The second kappa shape index (κ2) is 4.30. The van der Waals surface area contributed by atoms with Gasteiger partial charge in [0.15, 0.2) is 5.02 Å². The van der Waals surface area contributed by atoms with Crippen molar-refractivity contribution in [2.75, 3.05) is 0 Å². The molecule has 0 heterocycles. The number of nitro benzene ring substituents is 2. The largest absolute Gasteiger partial charge is 0.314 e. The molecule has 0 saturated heterocycles. The Hall–Kier alpha value is -1.91. The molecular formula is C7HCl2N3O4. The van der Waals surface area contributed by atoms with Crippen LogP contribution in [0.2, 0.25) is 10.0 Å². The van der Waals surface area contributed by atoms with E-state index in [0.29, 0.717) is 0 Å². The number of hydrogen-bond acceptors (Lipinski definition) is 5. The van der Waals surface area contributed by atoms with Crippen LogP contribution in [0, 0.1) is 31.6 Å². The first-order valence-corrected chi connectivity index (χ1v) is 4.36. The van der Waals surface area contributed by atoms with Crippen LogP contribution >= 0.6 is 23.2 Å². The zero-order chi connectivity index (χ0) is 12.5. The smallest absolute Gasteiger partial charge is 0.258 e. The Balaban J connectivity index is 3.73.